The van der Waals surface area contributed by atoms with Crippen molar-refractivity contribution in [3.8, 4) is 0 Å². The number of hydrogen-bond acceptors (Lipinski definition) is 3. The van der Waals surface area contributed by atoms with Crippen LogP contribution in [-0.2, 0) is 0 Å². The summed E-state index contributed by atoms with van der Waals surface area (Å²) < 4.78 is 0. The van der Waals surface area contributed by atoms with Crippen molar-refractivity contribution in [2.75, 3.05) is 5.32 Å². The van der Waals surface area contributed by atoms with Crippen LogP contribution in [0.1, 0.15) is 44.0 Å². The van der Waals surface area contributed by atoms with Crippen LogP contribution in [0.5, 0.6) is 0 Å². The van der Waals surface area contributed by atoms with Crippen molar-refractivity contribution in [1.82, 2.24) is 10.3 Å². The van der Waals surface area contributed by atoms with Crippen molar-refractivity contribution in [2.24, 2.45) is 5.92 Å². The normalized spacial score (nSPS) is 16.4. The van der Waals surface area contributed by atoms with Crippen LogP contribution in [0.3, 0.4) is 0 Å². The van der Waals surface area contributed by atoms with Gasteiger partial charge in [0.05, 0.1) is 0 Å². The van der Waals surface area contributed by atoms with E-state index in [9.17, 15) is 4.79 Å². The van der Waals surface area contributed by atoms with E-state index in [4.69, 9.17) is 0 Å². The zero-order valence-electron chi connectivity index (χ0n) is 11.2. The molecule has 2 N–H and O–H groups in total. The first-order chi connectivity index (χ1) is 8.56. The minimum Gasteiger partial charge on any atom is -0.367 e. The summed E-state index contributed by atoms with van der Waals surface area (Å²) in [5, 5.41) is 6.29. The van der Waals surface area contributed by atoms with Crippen molar-refractivity contribution < 1.29 is 4.79 Å². The van der Waals surface area contributed by atoms with E-state index < -0.39 is 0 Å². The second-order valence-corrected chi connectivity index (χ2v) is 5.35. The molecule has 1 heterocycles. The molecular formula is C14H21N3O. The van der Waals surface area contributed by atoms with Gasteiger partial charge in [-0.15, -0.1) is 0 Å². The van der Waals surface area contributed by atoms with E-state index in [0.29, 0.717) is 17.5 Å². The van der Waals surface area contributed by atoms with Crippen molar-refractivity contribution in [2.45, 2.75) is 45.7 Å². The number of nitrogens with zero attached hydrogens (tertiary/aromatic N) is 1. The van der Waals surface area contributed by atoms with E-state index in [2.05, 4.69) is 29.5 Å². The Morgan fingerprint density at radius 2 is 2.11 bits per heavy atom. The third-order valence-corrected chi connectivity index (χ3v) is 3.31. The Hall–Kier alpha value is -1.58. The average molecular weight is 247 g/mol. The van der Waals surface area contributed by atoms with E-state index >= 15 is 0 Å². The summed E-state index contributed by atoms with van der Waals surface area (Å²) in [6, 6.07) is 4.29. The van der Waals surface area contributed by atoms with Crippen LogP contribution in [0.4, 0.5) is 5.82 Å². The number of anilines is 1. The Morgan fingerprint density at radius 3 is 2.72 bits per heavy atom. The van der Waals surface area contributed by atoms with Gasteiger partial charge in [-0.2, -0.15) is 0 Å². The number of nitrogens with one attached hydrogen (secondary N) is 2. The third-order valence-electron chi connectivity index (χ3n) is 3.31. The van der Waals surface area contributed by atoms with Gasteiger partial charge in [0, 0.05) is 23.8 Å². The number of carbonyl (C=O) groups is 1. The number of amides is 1. The summed E-state index contributed by atoms with van der Waals surface area (Å²) in [6.07, 6.45) is 4.07. The first kappa shape index (κ1) is 12.9. The first-order valence-corrected chi connectivity index (χ1v) is 6.59. The molecule has 2 rings (SSSR count). The highest BCUT2D eigenvalue weighted by atomic mass is 16.1. The third kappa shape index (κ3) is 3.45. The minimum atomic E-state index is -0.0301. The number of aromatic nitrogens is 1. The van der Waals surface area contributed by atoms with Crippen LogP contribution in [0.25, 0.3) is 0 Å². The summed E-state index contributed by atoms with van der Waals surface area (Å²) in [6.45, 7) is 6.21. The van der Waals surface area contributed by atoms with Crippen molar-refractivity contribution in [3.05, 3.63) is 23.9 Å². The van der Waals surface area contributed by atoms with Gasteiger partial charge in [0.2, 0.25) is 0 Å². The van der Waals surface area contributed by atoms with E-state index in [-0.39, 0.29) is 11.9 Å². The SMILES string of the molecule is CC(C)C(C)NC(=O)c1ccnc(NC2CC2)c1. The fourth-order valence-electron chi connectivity index (χ4n) is 1.54. The minimum absolute atomic E-state index is 0.0301. The molecule has 1 saturated carbocycles. The van der Waals surface area contributed by atoms with Crippen molar-refractivity contribution >= 4 is 11.7 Å². The maximum absolute atomic E-state index is 12.0. The Bertz CT molecular complexity index is 427. The molecule has 0 spiro atoms. The van der Waals surface area contributed by atoms with Gasteiger partial charge in [0.25, 0.3) is 5.91 Å². The molecule has 1 amide bonds. The molecule has 4 nitrogen and oxygen atoms in total. The van der Waals surface area contributed by atoms with Crippen molar-refractivity contribution in [1.29, 1.82) is 0 Å². The molecule has 1 aliphatic rings. The van der Waals surface area contributed by atoms with Gasteiger partial charge in [0.1, 0.15) is 5.82 Å². The topological polar surface area (TPSA) is 54.0 Å². The molecule has 0 aromatic carbocycles. The van der Waals surface area contributed by atoms with Crippen LogP contribution < -0.4 is 10.6 Å². The van der Waals surface area contributed by atoms with Crippen LogP contribution in [0, 0.1) is 5.92 Å². The molecule has 0 saturated heterocycles. The van der Waals surface area contributed by atoms with Crippen molar-refractivity contribution in [3.63, 3.8) is 0 Å². The molecule has 1 aromatic heterocycles. The summed E-state index contributed by atoms with van der Waals surface area (Å²) in [7, 11) is 0. The number of carbonyl (C=O) groups excluding carboxylic acids is 1. The predicted octanol–water partition coefficient (Wildman–Crippen LogP) is 2.43. The monoisotopic (exact) mass is 247 g/mol. The maximum Gasteiger partial charge on any atom is 0.251 e. The van der Waals surface area contributed by atoms with Crippen LogP contribution in [0.15, 0.2) is 18.3 Å². The molecule has 18 heavy (non-hydrogen) atoms. The highest BCUT2D eigenvalue weighted by molar-refractivity contribution is 5.95. The van der Waals surface area contributed by atoms with Gasteiger partial charge in [-0.25, -0.2) is 4.98 Å². The maximum atomic E-state index is 12.0. The first-order valence-electron chi connectivity index (χ1n) is 6.59. The lowest BCUT2D eigenvalue weighted by Crippen LogP contribution is -2.36. The Labute approximate surface area is 108 Å². The van der Waals surface area contributed by atoms with Crippen LogP contribution >= 0.6 is 0 Å². The Kier molecular flexibility index (Phi) is 3.84. The van der Waals surface area contributed by atoms with Crippen LogP contribution in [-0.4, -0.2) is 23.0 Å². The summed E-state index contributed by atoms with van der Waals surface area (Å²) in [5.41, 5.74) is 0.667. The molecule has 1 fully saturated rings. The highest BCUT2D eigenvalue weighted by Gasteiger charge is 2.21. The molecule has 0 radical (unpaired) electrons. The second-order valence-electron chi connectivity index (χ2n) is 5.35. The lowest BCUT2D eigenvalue weighted by atomic mass is 10.1. The quantitative estimate of drug-likeness (QED) is 0.840. The van der Waals surface area contributed by atoms with E-state index in [1.54, 1.807) is 12.3 Å². The van der Waals surface area contributed by atoms with Gasteiger partial charge >= 0.3 is 0 Å². The number of hydrogen-bond donors (Lipinski definition) is 2. The van der Waals surface area contributed by atoms with Gasteiger partial charge in [-0.05, 0) is 37.8 Å². The molecule has 98 valence electrons. The molecule has 4 heteroatoms. The summed E-state index contributed by atoms with van der Waals surface area (Å²) in [5.74, 6) is 1.19. The standard InChI is InChI=1S/C14H21N3O/c1-9(2)10(3)16-14(18)11-6-7-15-13(8-11)17-12-4-5-12/h6-10,12H,4-5H2,1-3H3,(H,15,17)(H,16,18). The second kappa shape index (κ2) is 5.38. The van der Waals surface area contributed by atoms with E-state index in [1.807, 2.05) is 13.0 Å². The van der Waals surface area contributed by atoms with Gasteiger partial charge in [0.15, 0.2) is 0 Å². The predicted molar refractivity (Wildman–Crippen MR) is 72.6 cm³/mol. The van der Waals surface area contributed by atoms with E-state index in [0.717, 1.165) is 5.82 Å². The van der Waals surface area contributed by atoms with Gasteiger partial charge in [-0.1, -0.05) is 13.8 Å². The highest BCUT2D eigenvalue weighted by Crippen LogP contribution is 2.23. The van der Waals surface area contributed by atoms with E-state index in [1.165, 1.54) is 12.8 Å². The summed E-state index contributed by atoms with van der Waals surface area (Å²) in [4.78, 5) is 16.3. The van der Waals surface area contributed by atoms with Gasteiger partial charge < -0.3 is 10.6 Å². The molecule has 0 aliphatic heterocycles. The molecular weight excluding hydrogens is 226 g/mol. The molecule has 1 aliphatic carbocycles. The average Bonchev–Trinajstić information content (AvgIpc) is 3.13. The Morgan fingerprint density at radius 1 is 1.39 bits per heavy atom. The number of rotatable bonds is 5. The smallest absolute Gasteiger partial charge is 0.251 e. The molecule has 1 atom stereocenters. The molecule has 0 bridgehead atoms. The zero-order chi connectivity index (χ0) is 13.1. The zero-order valence-corrected chi connectivity index (χ0v) is 11.2. The lowest BCUT2D eigenvalue weighted by molar-refractivity contribution is 0.0930. The van der Waals surface area contributed by atoms with Crippen LogP contribution in [0.2, 0.25) is 0 Å². The van der Waals surface area contributed by atoms with Gasteiger partial charge in [-0.3, -0.25) is 4.79 Å². The number of pyridine rings is 1. The largest absolute Gasteiger partial charge is 0.367 e. The molecule has 1 aromatic rings. The molecule has 1 unspecified atom stereocenters. The fourth-order valence-corrected chi connectivity index (χ4v) is 1.54. The lowest BCUT2D eigenvalue weighted by Gasteiger charge is -2.17. The Balaban J connectivity index is 2.00. The summed E-state index contributed by atoms with van der Waals surface area (Å²) >= 11 is 0. The fraction of sp³-hybridized carbons (Fsp3) is 0.571.